The lowest BCUT2D eigenvalue weighted by Crippen LogP contribution is -2.17. The first-order valence-electron chi connectivity index (χ1n) is 6.67. The summed E-state index contributed by atoms with van der Waals surface area (Å²) in [6, 6.07) is 4.78. The summed E-state index contributed by atoms with van der Waals surface area (Å²) in [5.74, 6) is -0.978. The van der Waals surface area contributed by atoms with Gasteiger partial charge < -0.3 is 15.2 Å². The molecule has 1 heterocycles. The number of carboxylic acid groups (broad SMARTS) is 1. The Morgan fingerprint density at radius 3 is 2.83 bits per heavy atom. The molecule has 0 aliphatic rings. The third-order valence-corrected chi connectivity index (χ3v) is 3.55. The number of benzene rings is 1. The molecule has 23 heavy (non-hydrogen) atoms. The Kier molecular flexibility index (Phi) is 5.42. The third kappa shape index (κ3) is 4.62. The number of ketones is 1. The molecule has 0 fully saturated rings. The van der Waals surface area contributed by atoms with Crippen LogP contribution in [0.5, 0.6) is 5.75 Å². The second-order valence-corrected chi connectivity index (χ2v) is 5.37. The van der Waals surface area contributed by atoms with Crippen LogP contribution in [0, 0.1) is 5.41 Å². The van der Waals surface area contributed by atoms with Gasteiger partial charge in [0.1, 0.15) is 24.6 Å². The molecule has 2 rings (SSSR count). The highest BCUT2D eigenvalue weighted by Crippen LogP contribution is 2.24. The van der Waals surface area contributed by atoms with Gasteiger partial charge in [0, 0.05) is 23.6 Å². The number of nitrogens with one attached hydrogen (secondary N) is 2. The van der Waals surface area contributed by atoms with Crippen molar-refractivity contribution < 1.29 is 19.4 Å². The lowest BCUT2D eigenvalue weighted by Gasteiger charge is -2.13. The summed E-state index contributed by atoms with van der Waals surface area (Å²) in [6.07, 6.45) is 0. The Bertz CT molecular complexity index is 728. The number of carboxylic acids is 1. The molecule has 0 saturated heterocycles. The minimum absolute atomic E-state index is 0.211. The lowest BCUT2D eigenvalue weighted by molar-refractivity contribution is -0.134. The van der Waals surface area contributed by atoms with Gasteiger partial charge in [-0.2, -0.15) is 0 Å². The molecular formula is C15H15N3O4S. The summed E-state index contributed by atoms with van der Waals surface area (Å²) in [5, 5.41) is 21.2. The summed E-state index contributed by atoms with van der Waals surface area (Å²) >= 11 is 1.46. The number of ether oxygens (including phenoxy) is 1. The van der Waals surface area contributed by atoms with Gasteiger partial charge in [-0.1, -0.05) is 0 Å². The molecule has 0 radical (unpaired) electrons. The van der Waals surface area contributed by atoms with Crippen molar-refractivity contribution in [2.75, 3.05) is 11.9 Å². The zero-order valence-corrected chi connectivity index (χ0v) is 13.1. The van der Waals surface area contributed by atoms with E-state index in [9.17, 15) is 9.59 Å². The highest BCUT2D eigenvalue weighted by Gasteiger charge is 2.14. The summed E-state index contributed by atoms with van der Waals surface area (Å²) in [6.45, 7) is 1.25. The number of rotatable bonds is 8. The van der Waals surface area contributed by atoms with Gasteiger partial charge in [-0.3, -0.25) is 15.0 Å². The number of Topliss-reactive ketones (excluding diaryl/α,β-unsaturated/α-hetero) is 1. The SMILES string of the molecule is CC(=O)C(=N)c1cc(OCc2cscn2)ccc1NCC(=O)O. The molecule has 0 aliphatic carbocycles. The van der Waals surface area contributed by atoms with Crippen LogP contribution in [0.2, 0.25) is 0 Å². The zero-order chi connectivity index (χ0) is 16.8. The van der Waals surface area contributed by atoms with Crippen LogP contribution in [0.3, 0.4) is 0 Å². The number of anilines is 1. The average molecular weight is 333 g/mol. The van der Waals surface area contributed by atoms with Gasteiger partial charge in [0.2, 0.25) is 0 Å². The fourth-order valence-corrected chi connectivity index (χ4v) is 2.34. The van der Waals surface area contributed by atoms with E-state index in [1.165, 1.54) is 18.3 Å². The molecule has 7 nitrogen and oxygen atoms in total. The smallest absolute Gasteiger partial charge is 0.322 e. The van der Waals surface area contributed by atoms with Crippen LogP contribution in [0.4, 0.5) is 5.69 Å². The van der Waals surface area contributed by atoms with E-state index >= 15 is 0 Å². The first kappa shape index (κ1) is 16.6. The molecule has 0 unspecified atom stereocenters. The molecule has 0 atom stereocenters. The van der Waals surface area contributed by atoms with Crippen LogP contribution in [0.15, 0.2) is 29.1 Å². The van der Waals surface area contributed by atoms with Gasteiger partial charge in [0.15, 0.2) is 5.78 Å². The maximum Gasteiger partial charge on any atom is 0.322 e. The molecule has 2 aromatic rings. The van der Waals surface area contributed by atoms with Gasteiger partial charge in [0.05, 0.1) is 11.2 Å². The van der Waals surface area contributed by atoms with Gasteiger partial charge in [-0.15, -0.1) is 11.3 Å². The fraction of sp³-hybridized carbons (Fsp3) is 0.200. The first-order chi connectivity index (χ1) is 11.0. The van der Waals surface area contributed by atoms with Crippen LogP contribution in [-0.2, 0) is 16.2 Å². The summed E-state index contributed by atoms with van der Waals surface area (Å²) in [7, 11) is 0. The summed E-state index contributed by atoms with van der Waals surface area (Å²) in [4.78, 5) is 26.3. The maximum atomic E-state index is 11.5. The molecular weight excluding hydrogens is 318 g/mol. The predicted molar refractivity (Wildman–Crippen MR) is 86.5 cm³/mol. The van der Waals surface area contributed by atoms with Gasteiger partial charge in [-0.25, -0.2) is 4.98 Å². The van der Waals surface area contributed by atoms with Crippen molar-refractivity contribution in [2.45, 2.75) is 13.5 Å². The normalized spacial score (nSPS) is 10.1. The third-order valence-electron chi connectivity index (χ3n) is 2.91. The highest BCUT2D eigenvalue weighted by molar-refractivity contribution is 7.07. The molecule has 0 saturated carbocycles. The van der Waals surface area contributed by atoms with Crippen molar-refractivity contribution in [3.8, 4) is 5.75 Å². The fourth-order valence-electron chi connectivity index (χ4n) is 1.80. The number of thiazole rings is 1. The number of aliphatic carboxylic acids is 1. The van der Waals surface area contributed by atoms with E-state index in [0.717, 1.165) is 5.69 Å². The number of carbonyl (C=O) groups is 2. The second kappa shape index (κ2) is 7.50. The van der Waals surface area contributed by atoms with Gasteiger partial charge >= 0.3 is 5.97 Å². The predicted octanol–water partition coefficient (Wildman–Crippen LogP) is 2.18. The number of hydrogen-bond acceptors (Lipinski definition) is 7. The van der Waals surface area contributed by atoms with Crippen LogP contribution in [-0.4, -0.2) is 34.1 Å². The van der Waals surface area contributed by atoms with Crippen LogP contribution in [0.1, 0.15) is 18.2 Å². The highest BCUT2D eigenvalue weighted by atomic mass is 32.1. The Hall–Kier alpha value is -2.74. The quantitative estimate of drug-likeness (QED) is 0.638. The van der Waals surface area contributed by atoms with E-state index in [4.69, 9.17) is 15.3 Å². The van der Waals surface area contributed by atoms with Crippen molar-refractivity contribution in [2.24, 2.45) is 0 Å². The zero-order valence-electron chi connectivity index (χ0n) is 12.3. The molecule has 120 valence electrons. The monoisotopic (exact) mass is 333 g/mol. The molecule has 0 bridgehead atoms. The summed E-state index contributed by atoms with van der Waals surface area (Å²) < 4.78 is 5.59. The van der Waals surface area contributed by atoms with Crippen molar-refractivity contribution >= 4 is 34.5 Å². The van der Waals surface area contributed by atoms with Gasteiger partial charge in [-0.05, 0) is 18.2 Å². The lowest BCUT2D eigenvalue weighted by atomic mass is 10.0. The van der Waals surface area contributed by atoms with Gasteiger partial charge in [0.25, 0.3) is 0 Å². The second-order valence-electron chi connectivity index (χ2n) is 4.65. The molecule has 1 aromatic carbocycles. The van der Waals surface area contributed by atoms with Crippen molar-refractivity contribution in [3.63, 3.8) is 0 Å². The van der Waals surface area contributed by atoms with E-state index in [1.54, 1.807) is 23.7 Å². The number of hydrogen-bond donors (Lipinski definition) is 3. The molecule has 3 N–H and O–H groups in total. The van der Waals surface area contributed by atoms with Crippen molar-refractivity contribution in [3.05, 3.63) is 40.3 Å². The minimum Gasteiger partial charge on any atom is -0.487 e. The topological polar surface area (TPSA) is 112 Å². The van der Waals surface area contributed by atoms with E-state index in [0.29, 0.717) is 17.0 Å². The van der Waals surface area contributed by atoms with E-state index < -0.39 is 11.8 Å². The number of nitrogens with zero attached hydrogens (tertiary/aromatic N) is 1. The Balaban J connectivity index is 2.21. The summed E-state index contributed by atoms with van der Waals surface area (Å²) in [5.41, 5.74) is 2.97. The Labute approximate surface area is 136 Å². The van der Waals surface area contributed by atoms with Crippen molar-refractivity contribution in [1.29, 1.82) is 5.41 Å². The largest absolute Gasteiger partial charge is 0.487 e. The van der Waals surface area contributed by atoms with Crippen LogP contribution >= 0.6 is 11.3 Å². The number of carbonyl (C=O) groups excluding carboxylic acids is 1. The van der Waals surface area contributed by atoms with E-state index in [-0.39, 0.29) is 18.9 Å². The van der Waals surface area contributed by atoms with E-state index in [1.807, 2.05) is 5.38 Å². The average Bonchev–Trinajstić information content (AvgIpc) is 3.03. The minimum atomic E-state index is -1.03. The molecule has 8 heteroatoms. The molecule has 0 spiro atoms. The Morgan fingerprint density at radius 2 is 2.22 bits per heavy atom. The molecule has 0 aliphatic heterocycles. The molecule has 0 amide bonds. The van der Waals surface area contributed by atoms with Crippen molar-refractivity contribution in [1.82, 2.24) is 4.98 Å². The number of aromatic nitrogens is 1. The standard InChI is InChI=1S/C15H15N3O4S/c1-9(19)15(16)12-4-11(22-6-10-7-23-8-18-10)2-3-13(12)17-5-14(20)21/h2-4,7-8,16-17H,5-6H2,1H3,(H,20,21). The van der Waals surface area contributed by atoms with Crippen LogP contribution in [0.25, 0.3) is 0 Å². The van der Waals surface area contributed by atoms with E-state index in [2.05, 4.69) is 10.3 Å². The Morgan fingerprint density at radius 1 is 1.43 bits per heavy atom. The maximum absolute atomic E-state index is 11.5. The first-order valence-corrected chi connectivity index (χ1v) is 7.61. The molecule has 1 aromatic heterocycles. The van der Waals surface area contributed by atoms with Crippen LogP contribution < -0.4 is 10.1 Å².